The molecule has 0 heterocycles. The molecule has 2 heteroatoms. The molecule has 2 nitrogen and oxygen atoms in total. The van der Waals surface area contributed by atoms with Crippen molar-refractivity contribution in [1.29, 1.82) is 0 Å². The van der Waals surface area contributed by atoms with Crippen LogP contribution in [0.15, 0.2) is 0 Å². The molecule has 0 aliphatic rings. The van der Waals surface area contributed by atoms with Crippen molar-refractivity contribution in [2.24, 2.45) is 11.3 Å². The molecule has 0 spiro atoms. The molecular formula is C13H29NO. The van der Waals surface area contributed by atoms with Crippen molar-refractivity contribution in [3.05, 3.63) is 0 Å². The fraction of sp³-hybridized carbons (Fsp3) is 1.00. The predicted octanol–water partition coefficient (Wildman–Crippen LogP) is 3.07. The topological polar surface area (TPSA) is 21.3 Å². The van der Waals surface area contributed by atoms with Gasteiger partial charge in [-0.3, -0.25) is 0 Å². The zero-order chi connectivity index (χ0) is 12.1. The Kier molecular flexibility index (Phi) is 6.46. The van der Waals surface area contributed by atoms with Crippen molar-refractivity contribution >= 4 is 0 Å². The second-order valence-electron chi connectivity index (χ2n) is 5.41. The lowest BCUT2D eigenvalue weighted by Gasteiger charge is -2.39. The first-order valence-corrected chi connectivity index (χ1v) is 6.12. The maximum absolute atomic E-state index is 5.69. The fourth-order valence-corrected chi connectivity index (χ4v) is 2.47. The van der Waals surface area contributed by atoms with E-state index in [4.69, 9.17) is 4.74 Å². The summed E-state index contributed by atoms with van der Waals surface area (Å²) in [6, 6.07) is 0.449. The van der Waals surface area contributed by atoms with Gasteiger partial charge in [0.05, 0.1) is 6.10 Å². The maximum atomic E-state index is 5.69. The molecular weight excluding hydrogens is 186 g/mol. The fourth-order valence-electron chi connectivity index (χ4n) is 2.47. The van der Waals surface area contributed by atoms with Crippen LogP contribution in [0.25, 0.3) is 0 Å². The second kappa shape index (κ2) is 6.49. The lowest BCUT2D eigenvalue weighted by Crippen LogP contribution is -2.50. The van der Waals surface area contributed by atoms with Gasteiger partial charge in [0.25, 0.3) is 0 Å². The molecule has 2 atom stereocenters. The van der Waals surface area contributed by atoms with Crippen molar-refractivity contribution in [2.45, 2.75) is 59.6 Å². The largest absolute Gasteiger partial charge is 0.379 e. The highest BCUT2D eigenvalue weighted by atomic mass is 16.5. The van der Waals surface area contributed by atoms with Gasteiger partial charge in [0, 0.05) is 13.2 Å². The molecule has 0 aromatic carbocycles. The van der Waals surface area contributed by atoms with Crippen LogP contribution in [0.3, 0.4) is 0 Å². The highest BCUT2D eigenvalue weighted by Crippen LogP contribution is 2.29. The quantitative estimate of drug-likeness (QED) is 0.735. The lowest BCUT2D eigenvalue weighted by molar-refractivity contribution is -0.0255. The third-order valence-corrected chi connectivity index (χ3v) is 3.32. The van der Waals surface area contributed by atoms with Crippen LogP contribution in [0.1, 0.15) is 47.5 Å². The second-order valence-corrected chi connectivity index (χ2v) is 5.41. The van der Waals surface area contributed by atoms with E-state index in [9.17, 15) is 0 Å². The summed E-state index contributed by atoms with van der Waals surface area (Å²) in [5.74, 6) is 0.694. The van der Waals surface area contributed by atoms with E-state index in [0.717, 1.165) is 0 Å². The summed E-state index contributed by atoms with van der Waals surface area (Å²) < 4.78 is 5.69. The summed E-state index contributed by atoms with van der Waals surface area (Å²) in [4.78, 5) is 0. The molecule has 0 aliphatic carbocycles. The zero-order valence-corrected chi connectivity index (χ0v) is 11.6. The Bertz CT molecular complexity index is 158. The Balaban J connectivity index is 4.74. The highest BCUT2D eigenvalue weighted by molar-refractivity contribution is 4.89. The number of rotatable bonds is 6. The van der Waals surface area contributed by atoms with E-state index in [1.807, 2.05) is 14.2 Å². The Morgan fingerprint density at radius 3 is 1.80 bits per heavy atom. The third kappa shape index (κ3) is 4.12. The van der Waals surface area contributed by atoms with Crippen molar-refractivity contribution in [2.75, 3.05) is 14.2 Å². The van der Waals surface area contributed by atoms with Crippen LogP contribution in [0.5, 0.6) is 0 Å². The van der Waals surface area contributed by atoms with Crippen molar-refractivity contribution < 1.29 is 4.74 Å². The van der Waals surface area contributed by atoms with Crippen molar-refractivity contribution in [1.82, 2.24) is 5.32 Å². The molecule has 0 aromatic heterocycles. The van der Waals surface area contributed by atoms with Gasteiger partial charge < -0.3 is 10.1 Å². The Morgan fingerprint density at radius 1 is 1.13 bits per heavy atom. The molecule has 1 N–H and O–H groups in total. The molecule has 0 bridgehead atoms. The summed E-state index contributed by atoms with van der Waals surface area (Å²) in [6.07, 6.45) is 2.68. The predicted molar refractivity (Wildman–Crippen MR) is 67.2 cm³/mol. The number of hydrogen-bond donors (Lipinski definition) is 1. The molecule has 0 fully saturated rings. The number of nitrogens with one attached hydrogen (secondary N) is 1. The van der Waals surface area contributed by atoms with Crippen LogP contribution < -0.4 is 5.32 Å². The summed E-state index contributed by atoms with van der Waals surface area (Å²) in [5, 5.41) is 3.44. The van der Waals surface area contributed by atoms with E-state index in [1.165, 1.54) is 12.8 Å². The third-order valence-electron chi connectivity index (χ3n) is 3.32. The minimum absolute atomic E-state index is 0.186. The first kappa shape index (κ1) is 14.9. The standard InChI is InChI=1S/C13H29NO/c1-8-10(9-2)11(14-6)12(15-7)13(3,4)5/h10-12,14H,8-9H2,1-7H3. The average Bonchev–Trinajstić information content (AvgIpc) is 2.16. The molecule has 0 saturated carbocycles. The molecule has 0 rings (SSSR count). The lowest BCUT2D eigenvalue weighted by atomic mass is 9.78. The molecule has 0 saturated heterocycles. The van der Waals surface area contributed by atoms with Gasteiger partial charge in [-0.05, 0) is 18.4 Å². The molecule has 0 radical (unpaired) electrons. The molecule has 92 valence electrons. The summed E-state index contributed by atoms with van der Waals surface area (Å²) in [6.45, 7) is 11.2. The molecule has 15 heavy (non-hydrogen) atoms. The van der Waals surface area contributed by atoms with Gasteiger partial charge in [-0.25, -0.2) is 0 Å². The highest BCUT2D eigenvalue weighted by Gasteiger charge is 2.34. The molecule has 0 aliphatic heterocycles. The minimum Gasteiger partial charge on any atom is -0.379 e. The average molecular weight is 215 g/mol. The van der Waals surface area contributed by atoms with Crippen LogP contribution >= 0.6 is 0 Å². The van der Waals surface area contributed by atoms with Gasteiger partial charge in [0.15, 0.2) is 0 Å². The van der Waals surface area contributed by atoms with E-state index >= 15 is 0 Å². The van der Waals surface area contributed by atoms with Crippen LogP contribution in [0, 0.1) is 11.3 Å². The van der Waals surface area contributed by atoms with Gasteiger partial charge in [0.1, 0.15) is 0 Å². The molecule has 2 unspecified atom stereocenters. The van der Waals surface area contributed by atoms with Gasteiger partial charge in [-0.1, -0.05) is 47.5 Å². The van der Waals surface area contributed by atoms with Crippen molar-refractivity contribution in [3.63, 3.8) is 0 Å². The zero-order valence-electron chi connectivity index (χ0n) is 11.6. The van der Waals surface area contributed by atoms with E-state index in [-0.39, 0.29) is 11.5 Å². The van der Waals surface area contributed by atoms with Crippen LogP contribution in [0.2, 0.25) is 0 Å². The van der Waals surface area contributed by atoms with Crippen molar-refractivity contribution in [3.8, 4) is 0 Å². The first-order chi connectivity index (χ1) is 6.92. The number of likely N-dealkylation sites (N-methyl/N-ethyl adjacent to an activating group) is 1. The van der Waals surface area contributed by atoms with Crippen LogP contribution in [-0.2, 0) is 4.74 Å². The van der Waals surface area contributed by atoms with Gasteiger partial charge >= 0.3 is 0 Å². The minimum atomic E-state index is 0.186. The van der Waals surface area contributed by atoms with Crippen LogP contribution in [-0.4, -0.2) is 26.3 Å². The number of ether oxygens (including phenoxy) is 1. The smallest absolute Gasteiger partial charge is 0.0774 e. The molecule has 0 amide bonds. The normalized spacial score (nSPS) is 16.8. The Hall–Kier alpha value is -0.0800. The number of methoxy groups -OCH3 is 1. The van der Waals surface area contributed by atoms with E-state index in [2.05, 4.69) is 39.9 Å². The monoisotopic (exact) mass is 215 g/mol. The number of hydrogen-bond acceptors (Lipinski definition) is 2. The van der Waals surface area contributed by atoms with Crippen LogP contribution in [0.4, 0.5) is 0 Å². The SMILES string of the molecule is CCC(CC)C(NC)C(OC)C(C)(C)C. The molecule has 0 aromatic rings. The van der Waals surface area contributed by atoms with Gasteiger partial charge in [-0.2, -0.15) is 0 Å². The van der Waals surface area contributed by atoms with Gasteiger partial charge in [0.2, 0.25) is 0 Å². The Labute approximate surface area is 95.8 Å². The Morgan fingerprint density at radius 2 is 1.60 bits per heavy atom. The first-order valence-electron chi connectivity index (χ1n) is 6.12. The van der Waals surface area contributed by atoms with Gasteiger partial charge in [-0.15, -0.1) is 0 Å². The van der Waals surface area contributed by atoms with E-state index in [1.54, 1.807) is 0 Å². The van der Waals surface area contributed by atoms with E-state index < -0.39 is 0 Å². The van der Waals surface area contributed by atoms with E-state index in [0.29, 0.717) is 12.0 Å². The maximum Gasteiger partial charge on any atom is 0.0774 e. The summed E-state index contributed by atoms with van der Waals surface area (Å²) >= 11 is 0. The summed E-state index contributed by atoms with van der Waals surface area (Å²) in [5.41, 5.74) is 0.186. The summed E-state index contributed by atoms with van der Waals surface area (Å²) in [7, 11) is 3.86.